The fraction of sp³-hybridized carbons (Fsp3) is 0.350. The van der Waals surface area contributed by atoms with Crippen LogP contribution in [0.15, 0.2) is 52.4 Å². The predicted octanol–water partition coefficient (Wildman–Crippen LogP) is 3.02. The Morgan fingerprint density at radius 2 is 1.86 bits per heavy atom. The molecule has 0 radical (unpaired) electrons. The average Bonchev–Trinajstić information content (AvgIpc) is 2.58. The van der Waals surface area contributed by atoms with E-state index in [2.05, 4.69) is 15.6 Å². The Bertz CT molecular complexity index is 915. The summed E-state index contributed by atoms with van der Waals surface area (Å²) in [6.45, 7) is 5.66. The number of hydrogen-bond donors (Lipinski definition) is 3. The maximum Gasteiger partial charge on any atom is 0.191 e. The zero-order valence-corrected chi connectivity index (χ0v) is 19.5. The summed E-state index contributed by atoms with van der Waals surface area (Å²) in [6.07, 6.45) is 1.98. The van der Waals surface area contributed by atoms with Gasteiger partial charge in [0.05, 0.1) is 11.4 Å². The Balaban J connectivity index is 0.00000392. The average molecular weight is 517 g/mol. The van der Waals surface area contributed by atoms with E-state index in [4.69, 9.17) is 0 Å². The minimum Gasteiger partial charge on any atom is -0.508 e. The number of hydrogen-bond acceptors (Lipinski definition) is 4. The minimum absolute atomic E-state index is 0. The number of aryl methyl sites for hydroxylation is 1. The first-order valence-corrected chi connectivity index (χ1v) is 10.8. The van der Waals surface area contributed by atoms with Crippen LogP contribution in [0.5, 0.6) is 5.75 Å². The summed E-state index contributed by atoms with van der Waals surface area (Å²) in [6, 6.07) is 12.5. The minimum atomic E-state index is -3.21. The van der Waals surface area contributed by atoms with Gasteiger partial charge < -0.3 is 15.7 Å². The van der Waals surface area contributed by atoms with E-state index in [-0.39, 0.29) is 29.7 Å². The highest BCUT2D eigenvalue weighted by molar-refractivity contribution is 14.0. The lowest BCUT2D eigenvalue weighted by atomic mass is 10.1. The summed E-state index contributed by atoms with van der Waals surface area (Å²) in [7, 11) is -3.21. The molecular weight excluding hydrogens is 489 g/mol. The lowest BCUT2D eigenvalue weighted by Gasteiger charge is -2.12. The van der Waals surface area contributed by atoms with Gasteiger partial charge in [0.15, 0.2) is 15.8 Å². The third-order valence-electron chi connectivity index (χ3n) is 4.02. The molecule has 0 fully saturated rings. The van der Waals surface area contributed by atoms with Crippen molar-refractivity contribution in [1.82, 2.24) is 10.6 Å². The molecule has 8 heteroatoms. The SMILES string of the molecule is CCNC(=NCc1ccc(S(C)(=O)=O)c(C)c1)NCCc1cccc(O)c1.I. The second-order valence-corrected chi connectivity index (χ2v) is 8.40. The maximum absolute atomic E-state index is 11.7. The Morgan fingerprint density at radius 3 is 2.46 bits per heavy atom. The molecule has 0 aliphatic rings. The van der Waals surface area contributed by atoms with Crippen molar-refractivity contribution in [2.75, 3.05) is 19.3 Å². The highest BCUT2D eigenvalue weighted by Crippen LogP contribution is 2.17. The van der Waals surface area contributed by atoms with Gasteiger partial charge in [0, 0.05) is 19.3 Å². The molecular formula is C20H28IN3O3S. The number of phenolic OH excluding ortho intramolecular Hbond substituents is 1. The van der Waals surface area contributed by atoms with E-state index in [1.54, 1.807) is 31.2 Å². The van der Waals surface area contributed by atoms with Crippen LogP contribution in [-0.2, 0) is 22.8 Å². The van der Waals surface area contributed by atoms with E-state index < -0.39 is 9.84 Å². The van der Waals surface area contributed by atoms with Gasteiger partial charge in [-0.15, -0.1) is 24.0 Å². The molecule has 28 heavy (non-hydrogen) atoms. The third-order valence-corrected chi connectivity index (χ3v) is 5.28. The molecule has 0 unspecified atom stereocenters. The first-order valence-electron chi connectivity index (χ1n) is 8.89. The molecule has 3 N–H and O–H groups in total. The Labute approximate surface area is 184 Å². The van der Waals surface area contributed by atoms with E-state index >= 15 is 0 Å². The molecule has 6 nitrogen and oxygen atoms in total. The standard InChI is InChI=1S/C20H27N3O3S.HI/c1-4-21-20(22-11-10-16-6-5-7-18(24)13-16)23-14-17-8-9-19(15(2)12-17)27(3,25)26;/h5-9,12-13,24H,4,10-11,14H2,1-3H3,(H2,21,22,23);1H. The topological polar surface area (TPSA) is 90.8 Å². The fourth-order valence-corrected chi connectivity index (χ4v) is 3.73. The van der Waals surface area contributed by atoms with Gasteiger partial charge in [0.25, 0.3) is 0 Å². The van der Waals surface area contributed by atoms with E-state index in [1.165, 1.54) is 6.26 Å². The summed E-state index contributed by atoms with van der Waals surface area (Å²) in [5.74, 6) is 0.962. The van der Waals surface area contributed by atoms with Crippen LogP contribution < -0.4 is 10.6 Å². The summed E-state index contributed by atoms with van der Waals surface area (Å²) in [4.78, 5) is 4.91. The summed E-state index contributed by atoms with van der Waals surface area (Å²) in [5, 5.41) is 16.0. The molecule has 0 aliphatic heterocycles. The quantitative estimate of drug-likeness (QED) is 0.299. The number of nitrogens with one attached hydrogen (secondary N) is 2. The van der Waals surface area contributed by atoms with Crippen LogP contribution in [0.3, 0.4) is 0 Å². The number of benzene rings is 2. The fourth-order valence-electron chi connectivity index (χ4n) is 2.78. The van der Waals surface area contributed by atoms with Crippen LogP contribution in [0.25, 0.3) is 0 Å². The number of rotatable bonds is 7. The lowest BCUT2D eigenvalue weighted by Crippen LogP contribution is -2.38. The van der Waals surface area contributed by atoms with Gasteiger partial charge in [-0.2, -0.15) is 0 Å². The molecule has 0 saturated heterocycles. The molecule has 154 valence electrons. The number of sulfone groups is 1. The van der Waals surface area contributed by atoms with Gasteiger partial charge >= 0.3 is 0 Å². The molecule has 0 spiro atoms. The molecule has 0 heterocycles. The van der Waals surface area contributed by atoms with E-state index in [9.17, 15) is 13.5 Å². The van der Waals surface area contributed by atoms with Gasteiger partial charge in [-0.3, -0.25) is 0 Å². The Kier molecular flexibility index (Phi) is 9.74. The van der Waals surface area contributed by atoms with E-state index in [0.717, 1.165) is 29.7 Å². The number of nitrogens with zero attached hydrogens (tertiary/aromatic N) is 1. The van der Waals surface area contributed by atoms with Crippen LogP contribution in [0.2, 0.25) is 0 Å². The first-order chi connectivity index (χ1) is 12.8. The van der Waals surface area contributed by atoms with Crippen LogP contribution >= 0.6 is 24.0 Å². The van der Waals surface area contributed by atoms with Crippen molar-refractivity contribution in [2.45, 2.75) is 31.7 Å². The lowest BCUT2D eigenvalue weighted by molar-refractivity contribution is 0.474. The number of aromatic hydroxyl groups is 1. The number of guanidine groups is 1. The highest BCUT2D eigenvalue weighted by Gasteiger charge is 2.10. The van der Waals surface area contributed by atoms with Crippen LogP contribution in [0.4, 0.5) is 0 Å². The van der Waals surface area contributed by atoms with Gasteiger partial charge in [0.2, 0.25) is 0 Å². The molecule has 2 aromatic rings. The molecule has 0 saturated carbocycles. The third kappa shape index (κ3) is 7.67. The summed E-state index contributed by atoms with van der Waals surface area (Å²) >= 11 is 0. The van der Waals surface area contributed by atoms with Gasteiger partial charge in [0.1, 0.15) is 5.75 Å². The van der Waals surface area contributed by atoms with Gasteiger partial charge in [-0.05, 0) is 55.2 Å². The number of phenols is 1. The zero-order chi connectivity index (χ0) is 19.9. The normalized spacial score (nSPS) is 11.6. The van der Waals surface area contributed by atoms with Crippen LogP contribution in [-0.4, -0.2) is 38.8 Å². The van der Waals surface area contributed by atoms with Crippen molar-refractivity contribution in [3.63, 3.8) is 0 Å². The summed E-state index contributed by atoms with van der Waals surface area (Å²) < 4.78 is 23.4. The van der Waals surface area contributed by atoms with Crippen molar-refractivity contribution in [3.8, 4) is 5.75 Å². The Morgan fingerprint density at radius 1 is 1.11 bits per heavy atom. The first kappa shape index (κ1) is 24.2. The van der Waals surface area contributed by atoms with Crippen molar-refractivity contribution in [3.05, 3.63) is 59.2 Å². The molecule has 0 amide bonds. The molecule has 0 aliphatic carbocycles. The van der Waals surface area contributed by atoms with Crippen molar-refractivity contribution in [2.24, 2.45) is 4.99 Å². The van der Waals surface area contributed by atoms with Gasteiger partial charge in [-0.25, -0.2) is 13.4 Å². The maximum atomic E-state index is 11.7. The second-order valence-electron chi connectivity index (χ2n) is 6.41. The highest BCUT2D eigenvalue weighted by atomic mass is 127. The molecule has 0 atom stereocenters. The van der Waals surface area contributed by atoms with Gasteiger partial charge in [-0.1, -0.05) is 24.3 Å². The second kappa shape index (κ2) is 11.3. The van der Waals surface area contributed by atoms with Crippen molar-refractivity contribution < 1.29 is 13.5 Å². The molecule has 0 aromatic heterocycles. The van der Waals surface area contributed by atoms with E-state index in [1.807, 2.05) is 25.1 Å². The summed E-state index contributed by atoms with van der Waals surface area (Å²) in [5.41, 5.74) is 2.72. The van der Waals surface area contributed by atoms with Crippen LogP contribution in [0, 0.1) is 6.92 Å². The molecule has 2 aromatic carbocycles. The van der Waals surface area contributed by atoms with E-state index in [0.29, 0.717) is 23.9 Å². The molecule has 0 bridgehead atoms. The monoisotopic (exact) mass is 517 g/mol. The smallest absolute Gasteiger partial charge is 0.191 e. The van der Waals surface area contributed by atoms with Crippen LogP contribution in [0.1, 0.15) is 23.6 Å². The zero-order valence-electron chi connectivity index (χ0n) is 16.4. The van der Waals surface area contributed by atoms with Crippen molar-refractivity contribution >= 4 is 39.8 Å². The predicted molar refractivity (Wildman–Crippen MR) is 124 cm³/mol. The van der Waals surface area contributed by atoms with Crippen molar-refractivity contribution in [1.29, 1.82) is 0 Å². The Hall–Kier alpha value is -1.81. The number of halogens is 1. The largest absolute Gasteiger partial charge is 0.508 e. The number of aliphatic imine (C=N–C) groups is 1. The molecule has 2 rings (SSSR count).